The number of amides is 1. The van der Waals surface area contributed by atoms with Gasteiger partial charge in [0.05, 0.1) is 24.9 Å². The second kappa shape index (κ2) is 9.56. The van der Waals surface area contributed by atoms with E-state index in [2.05, 4.69) is 4.98 Å². The van der Waals surface area contributed by atoms with Crippen LogP contribution in [0.4, 0.5) is 13.2 Å². The minimum absolute atomic E-state index is 0.0126. The van der Waals surface area contributed by atoms with Gasteiger partial charge in [0.15, 0.2) is 0 Å². The van der Waals surface area contributed by atoms with E-state index in [1.807, 2.05) is 48.2 Å². The summed E-state index contributed by atoms with van der Waals surface area (Å²) >= 11 is 0. The van der Waals surface area contributed by atoms with Gasteiger partial charge in [-0.2, -0.15) is 13.2 Å². The molecule has 2 atom stereocenters. The molecule has 2 aliphatic rings. The average Bonchev–Trinajstić information content (AvgIpc) is 3.35. The first kappa shape index (κ1) is 23.5. The van der Waals surface area contributed by atoms with Crippen molar-refractivity contribution in [2.75, 3.05) is 19.7 Å². The highest BCUT2D eigenvalue weighted by molar-refractivity contribution is 5.94. The summed E-state index contributed by atoms with van der Waals surface area (Å²) in [7, 11) is 0. The molecule has 0 aliphatic carbocycles. The predicted octanol–water partition coefficient (Wildman–Crippen LogP) is 3.48. The number of carbonyl (C=O) groups is 2. The molecule has 7 nitrogen and oxygen atoms in total. The maximum absolute atomic E-state index is 12.7. The van der Waals surface area contributed by atoms with Crippen molar-refractivity contribution in [1.29, 1.82) is 0 Å². The number of nitrogens with zero attached hydrogens (tertiary/aromatic N) is 2. The molecule has 0 saturated carbocycles. The molecule has 2 saturated heterocycles. The first-order chi connectivity index (χ1) is 15.1. The third kappa shape index (κ3) is 5.97. The van der Waals surface area contributed by atoms with Gasteiger partial charge in [-0.15, -0.1) is 0 Å². The number of aromatic nitrogens is 1. The predicted molar refractivity (Wildman–Crippen MR) is 107 cm³/mol. The minimum atomic E-state index is -5.08. The summed E-state index contributed by atoms with van der Waals surface area (Å²) in [5.74, 6) is -1.91. The Morgan fingerprint density at radius 2 is 1.94 bits per heavy atom. The number of carbonyl (C=O) groups excluding carboxylic acids is 1. The largest absolute Gasteiger partial charge is 0.490 e. The van der Waals surface area contributed by atoms with Crippen molar-refractivity contribution in [3.05, 3.63) is 59.9 Å². The molecule has 10 heteroatoms. The van der Waals surface area contributed by atoms with Crippen LogP contribution in [0.25, 0.3) is 0 Å². The Labute approximate surface area is 182 Å². The summed E-state index contributed by atoms with van der Waals surface area (Å²) in [6, 6.07) is 11.5. The van der Waals surface area contributed by atoms with E-state index in [0.29, 0.717) is 13.2 Å². The van der Waals surface area contributed by atoms with Crippen LogP contribution >= 0.6 is 0 Å². The van der Waals surface area contributed by atoms with Crippen LogP contribution in [-0.4, -0.2) is 64.4 Å². The topological polar surface area (TPSA) is 89.0 Å². The zero-order valence-electron chi connectivity index (χ0n) is 17.3. The summed E-state index contributed by atoms with van der Waals surface area (Å²) in [6.45, 7) is 3.94. The summed E-state index contributed by atoms with van der Waals surface area (Å²) in [6.07, 6.45) is 0.0354. The van der Waals surface area contributed by atoms with E-state index in [4.69, 9.17) is 19.4 Å². The van der Waals surface area contributed by atoms with E-state index in [-0.39, 0.29) is 17.6 Å². The highest BCUT2D eigenvalue weighted by Gasteiger charge is 2.47. The zero-order chi connectivity index (χ0) is 23.4. The lowest BCUT2D eigenvalue weighted by molar-refractivity contribution is -0.192. The Balaban J connectivity index is 0.000000360. The number of hydrogen-bond donors (Lipinski definition) is 1. The molecule has 0 bridgehead atoms. The number of likely N-dealkylation sites (tertiary alicyclic amines) is 1. The van der Waals surface area contributed by atoms with E-state index in [9.17, 15) is 18.0 Å². The van der Waals surface area contributed by atoms with Gasteiger partial charge in [0.25, 0.3) is 5.91 Å². The molecule has 1 aromatic heterocycles. The van der Waals surface area contributed by atoms with Crippen LogP contribution in [-0.2, 0) is 9.53 Å². The fourth-order valence-electron chi connectivity index (χ4n) is 3.67. The number of halogens is 3. The number of rotatable bonds is 3. The van der Waals surface area contributed by atoms with Crippen molar-refractivity contribution in [1.82, 2.24) is 9.88 Å². The van der Waals surface area contributed by atoms with Crippen molar-refractivity contribution in [3.63, 3.8) is 0 Å². The number of aryl methyl sites for hydroxylation is 1. The van der Waals surface area contributed by atoms with Crippen LogP contribution in [0.2, 0.25) is 0 Å². The molecule has 1 spiro atoms. The van der Waals surface area contributed by atoms with E-state index in [0.717, 1.165) is 36.3 Å². The van der Waals surface area contributed by atoms with Crippen LogP contribution in [0.1, 0.15) is 28.8 Å². The molecule has 1 aromatic carbocycles. The summed E-state index contributed by atoms with van der Waals surface area (Å²) in [5.41, 5.74) is 1.63. The van der Waals surface area contributed by atoms with Gasteiger partial charge in [-0.1, -0.05) is 17.7 Å². The molecule has 2 aliphatic heterocycles. The van der Waals surface area contributed by atoms with Gasteiger partial charge in [0, 0.05) is 24.7 Å². The Morgan fingerprint density at radius 1 is 1.25 bits per heavy atom. The normalized spacial score (nSPS) is 22.4. The van der Waals surface area contributed by atoms with Gasteiger partial charge < -0.3 is 19.5 Å². The van der Waals surface area contributed by atoms with Gasteiger partial charge >= 0.3 is 12.1 Å². The molecule has 2 fully saturated rings. The third-order valence-electron chi connectivity index (χ3n) is 5.26. The Bertz CT molecular complexity index is 937. The van der Waals surface area contributed by atoms with E-state index in [1.54, 1.807) is 12.4 Å². The molecular weight excluding hydrogens is 429 g/mol. The van der Waals surface area contributed by atoms with Crippen LogP contribution in [0.3, 0.4) is 0 Å². The second-order valence-electron chi connectivity index (χ2n) is 7.77. The number of benzene rings is 1. The monoisotopic (exact) mass is 452 g/mol. The molecule has 1 amide bonds. The van der Waals surface area contributed by atoms with Gasteiger partial charge in [0.1, 0.15) is 11.9 Å². The number of aliphatic carboxylic acids is 1. The number of carboxylic acid groups (broad SMARTS) is 1. The number of alkyl halides is 3. The molecule has 2 aromatic rings. The Kier molecular flexibility index (Phi) is 7.02. The SMILES string of the molecule is Cc1ccc(C(=O)N2CCC3(CC(Oc4cccnc4)CO3)C2)cc1.O=C(O)C(F)(F)F. The highest BCUT2D eigenvalue weighted by Crippen LogP contribution is 2.37. The minimum Gasteiger partial charge on any atom is -0.486 e. The molecule has 32 heavy (non-hydrogen) atoms. The fourth-order valence-corrected chi connectivity index (χ4v) is 3.67. The van der Waals surface area contributed by atoms with Crippen LogP contribution in [0, 0.1) is 6.92 Å². The lowest BCUT2D eigenvalue weighted by Gasteiger charge is -2.23. The maximum atomic E-state index is 12.7. The lowest BCUT2D eigenvalue weighted by Crippen LogP contribution is -2.36. The van der Waals surface area contributed by atoms with Gasteiger partial charge in [-0.3, -0.25) is 9.78 Å². The van der Waals surface area contributed by atoms with Crippen LogP contribution < -0.4 is 4.74 Å². The average molecular weight is 452 g/mol. The van der Waals surface area contributed by atoms with Gasteiger partial charge in [-0.25, -0.2) is 4.79 Å². The molecule has 1 N–H and O–H groups in total. The van der Waals surface area contributed by atoms with Crippen molar-refractivity contribution in [2.45, 2.75) is 37.6 Å². The maximum Gasteiger partial charge on any atom is 0.490 e. The van der Waals surface area contributed by atoms with Gasteiger partial charge in [0.2, 0.25) is 0 Å². The quantitative estimate of drug-likeness (QED) is 0.767. The molecule has 0 radical (unpaired) electrons. The summed E-state index contributed by atoms with van der Waals surface area (Å²) in [5, 5.41) is 7.12. The molecular formula is C22H23F3N2O5. The molecule has 4 rings (SSSR count). The molecule has 2 unspecified atom stereocenters. The number of ether oxygens (including phenoxy) is 2. The number of pyridine rings is 1. The van der Waals surface area contributed by atoms with Crippen LogP contribution in [0.15, 0.2) is 48.8 Å². The van der Waals surface area contributed by atoms with E-state index >= 15 is 0 Å². The highest BCUT2D eigenvalue weighted by atomic mass is 19.4. The van der Waals surface area contributed by atoms with Crippen molar-refractivity contribution >= 4 is 11.9 Å². The van der Waals surface area contributed by atoms with Crippen molar-refractivity contribution in [2.24, 2.45) is 0 Å². The second-order valence-corrected chi connectivity index (χ2v) is 7.77. The summed E-state index contributed by atoms with van der Waals surface area (Å²) in [4.78, 5) is 27.6. The third-order valence-corrected chi connectivity index (χ3v) is 5.26. The van der Waals surface area contributed by atoms with E-state index in [1.165, 1.54) is 0 Å². The van der Waals surface area contributed by atoms with Crippen LogP contribution in [0.5, 0.6) is 5.75 Å². The Morgan fingerprint density at radius 3 is 2.53 bits per heavy atom. The lowest BCUT2D eigenvalue weighted by atomic mass is 9.98. The van der Waals surface area contributed by atoms with Gasteiger partial charge in [-0.05, 0) is 37.6 Å². The number of carboxylic acids is 1. The standard InChI is InChI=1S/C20H22N2O3.C2HF3O2/c1-15-4-6-16(7-5-15)19(23)22-10-8-20(14-22)11-18(13-24-20)25-17-3-2-9-21-12-17;3-2(4,5)1(6)7/h2-7,9,12,18H,8,10-11,13-14H2,1H3;(H,6,7). The fraction of sp³-hybridized carbons (Fsp3) is 0.409. The van der Waals surface area contributed by atoms with E-state index < -0.39 is 12.1 Å². The van der Waals surface area contributed by atoms with Crippen molar-refractivity contribution < 1.29 is 37.3 Å². The summed E-state index contributed by atoms with van der Waals surface area (Å²) < 4.78 is 43.8. The van der Waals surface area contributed by atoms with Crippen molar-refractivity contribution in [3.8, 4) is 5.75 Å². The Hall–Kier alpha value is -3.14. The zero-order valence-corrected chi connectivity index (χ0v) is 17.3. The molecule has 3 heterocycles. The number of hydrogen-bond acceptors (Lipinski definition) is 5. The first-order valence-electron chi connectivity index (χ1n) is 9.95. The molecule has 172 valence electrons. The first-order valence-corrected chi connectivity index (χ1v) is 9.95. The smallest absolute Gasteiger partial charge is 0.486 e.